The maximum Gasteiger partial charge on any atom is 0.0698 e. The van der Waals surface area contributed by atoms with Gasteiger partial charge in [0.05, 0.1) is 11.2 Å². The van der Waals surface area contributed by atoms with E-state index in [0.29, 0.717) is 11.2 Å². The summed E-state index contributed by atoms with van der Waals surface area (Å²) in [6.07, 6.45) is 17.9. The Morgan fingerprint density at radius 2 is 0.682 bits per heavy atom. The third kappa shape index (κ3) is 2.14. The van der Waals surface area contributed by atoms with Gasteiger partial charge in [0.1, 0.15) is 0 Å². The van der Waals surface area contributed by atoms with Crippen LogP contribution in [0.4, 0.5) is 0 Å². The summed E-state index contributed by atoms with van der Waals surface area (Å²) in [7, 11) is 0. The van der Waals surface area contributed by atoms with Gasteiger partial charge in [0.2, 0.25) is 0 Å². The van der Waals surface area contributed by atoms with Crippen molar-refractivity contribution < 1.29 is 4.74 Å². The van der Waals surface area contributed by atoms with Crippen LogP contribution in [0.25, 0.3) is 0 Å². The molecule has 8 aliphatic rings. The van der Waals surface area contributed by atoms with Crippen molar-refractivity contribution in [1.82, 2.24) is 0 Å². The summed E-state index contributed by atoms with van der Waals surface area (Å²) in [5.41, 5.74) is 0.695. The minimum absolute atomic E-state index is 0. The van der Waals surface area contributed by atoms with Crippen LogP contribution >= 0.6 is 0 Å². The van der Waals surface area contributed by atoms with Gasteiger partial charge in [-0.3, -0.25) is 0 Å². The Morgan fingerprint density at radius 1 is 0.455 bits per heavy atom. The predicted octanol–water partition coefficient (Wildman–Crippen LogP) is 4.56. The van der Waals surface area contributed by atoms with E-state index in [1.54, 1.807) is 38.5 Å². The van der Waals surface area contributed by atoms with Crippen LogP contribution in [-0.2, 0) is 4.74 Å². The molecule has 117 valence electrons. The second-order valence-corrected chi connectivity index (χ2v) is 10.3. The van der Waals surface area contributed by atoms with E-state index in [2.05, 4.69) is 0 Å². The van der Waals surface area contributed by atoms with E-state index in [4.69, 9.17) is 4.74 Å². The van der Waals surface area contributed by atoms with E-state index in [0.717, 1.165) is 35.5 Å². The Bertz CT molecular complexity index is 358. The molecule has 0 N–H and O–H groups in total. The zero-order valence-electron chi connectivity index (χ0n) is 14.4. The van der Waals surface area contributed by atoms with E-state index in [9.17, 15) is 0 Å². The maximum absolute atomic E-state index is 7.25. The van der Waals surface area contributed by atoms with Crippen LogP contribution in [0.15, 0.2) is 0 Å². The molecule has 1 nitrogen and oxygen atoms in total. The molecule has 0 spiro atoms. The second kappa shape index (κ2) is 4.80. The summed E-state index contributed by atoms with van der Waals surface area (Å²) in [5.74, 6) is 6.20. The first-order valence-electron chi connectivity index (χ1n) is 9.88. The summed E-state index contributed by atoms with van der Waals surface area (Å²) >= 11 is 0. The Labute approximate surface area is 147 Å². The molecular weight excluding hydrogens is 263 g/mol. The van der Waals surface area contributed by atoms with Gasteiger partial charge in [-0.05, 0) is 113 Å². The first kappa shape index (κ1) is 14.9. The first-order valence-corrected chi connectivity index (χ1v) is 9.88. The molecule has 0 amide bonds. The standard InChI is InChI=1S/C20H30O.Li/c1-13-2-15-3-14(1)8-19(7-13,9-15)21-20-10-16-4-17(11-20)6-18(5-16)12-20;/h13-18H,1-12H2;. The van der Waals surface area contributed by atoms with Crippen LogP contribution < -0.4 is 0 Å². The number of rotatable bonds is 2. The fraction of sp³-hybridized carbons (Fsp3) is 1.00. The summed E-state index contributed by atoms with van der Waals surface area (Å²) < 4.78 is 7.25. The molecule has 2 heteroatoms. The van der Waals surface area contributed by atoms with E-state index >= 15 is 0 Å². The quantitative estimate of drug-likeness (QED) is 0.678. The van der Waals surface area contributed by atoms with Gasteiger partial charge in [-0.25, -0.2) is 0 Å². The topological polar surface area (TPSA) is 9.23 Å². The number of ether oxygens (including phenoxy) is 1. The van der Waals surface area contributed by atoms with Gasteiger partial charge in [-0.1, -0.05) is 0 Å². The van der Waals surface area contributed by atoms with Gasteiger partial charge >= 0.3 is 0 Å². The molecule has 22 heavy (non-hydrogen) atoms. The Morgan fingerprint density at radius 3 is 0.909 bits per heavy atom. The Hall–Kier alpha value is 0.557. The number of hydrogen-bond acceptors (Lipinski definition) is 1. The minimum atomic E-state index is 0. The van der Waals surface area contributed by atoms with Crippen molar-refractivity contribution in [1.29, 1.82) is 0 Å². The predicted molar refractivity (Wildman–Crippen MR) is 88.6 cm³/mol. The molecular formula is C20H30LiO. The molecule has 8 bridgehead atoms. The van der Waals surface area contributed by atoms with Crippen LogP contribution in [0.5, 0.6) is 0 Å². The van der Waals surface area contributed by atoms with Crippen LogP contribution in [-0.4, -0.2) is 30.1 Å². The van der Waals surface area contributed by atoms with Crippen molar-refractivity contribution in [2.75, 3.05) is 0 Å². The molecule has 8 saturated carbocycles. The smallest absolute Gasteiger partial charge is 0.0698 e. The zero-order chi connectivity index (χ0) is 13.7. The summed E-state index contributed by atoms with van der Waals surface area (Å²) in [6.45, 7) is 0. The summed E-state index contributed by atoms with van der Waals surface area (Å²) in [4.78, 5) is 0. The molecule has 0 aliphatic heterocycles. The molecule has 0 unspecified atom stereocenters. The number of hydrogen-bond donors (Lipinski definition) is 0. The van der Waals surface area contributed by atoms with Gasteiger partial charge in [0.15, 0.2) is 0 Å². The molecule has 0 aromatic carbocycles. The average Bonchev–Trinajstić information content (AvgIpc) is 2.33. The van der Waals surface area contributed by atoms with Crippen molar-refractivity contribution in [3.05, 3.63) is 0 Å². The molecule has 8 fully saturated rings. The molecule has 0 aromatic heterocycles. The van der Waals surface area contributed by atoms with Crippen LogP contribution in [0, 0.1) is 35.5 Å². The zero-order valence-corrected chi connectivity index (χ0v) is 14.4. The molecule has 0 saturated heterocycles. The molecule has 1 radical (unpaired) electrons. The molecule has 0 atom stereocenters. The second-order valence-electron chi connectivity index (χ2n) is 10.3. The SMILES string of the molecule is C1C2CC3CC1CC(OC14CC5CC(CC(C5)C1)C4)(C2)C3.[Li]. The van der Waals surface area contributed by atoms with Gasteiger partial charge in [0.25, 0.3) is 0 Å². The monoisotopic (exact) mass is 293 g/mol. The van der Waals surface area contributed by atoms with Crippen molar-refractivity contribution in [2.24, 2.45) is 35.5 Å². The van der Waals surface area contributed by atoms with Gasteiger partial charge in [-0.2, -0.15) is 0 Å². The van der Waals surface area contributed by atoms with E-state index < -0.39 is 0 Å². The van der Waals surface area contributed by atoms with Crippen LogP contribution in [0.2, 0.25) is 0 Å². The molecule has 0 aromatic rings. The summed E-state index contributed by atoms with van der Waals surface area (Å²) in [6, 6.07) is 0. The van der Waals surface area contributed by atoms with Crippen molar-refractivity contribution in [3.63, 3.8) is 0 Å². The van der Waals surface area contributed by atoms with Crippen LogP contribution in [0.3, 0.4) is 0 Å². The average molecular weight is 293 g/mol. The Kier molecular flexibility index (Phi) is 3.24. The fourth-order valence-corrected chi connectivity index (χ4v) is 8.77. The normalized spacial score (nSPS) is 60.5. The third-order valence-corrected chi connectivity index (χ3v) is 8.40. The minimum Gasteiger partial charge on any atom is -0.368 e. The Balaban J connectivity index is 0.00000113. The third-order valence-electron chi connectivity index (χ3n) is 8.40. The van der Waals surface area contributed by atoms with E-state index in [-0.39, 0.29) is 18.9 Å². The van der Waals surface area contributed by atoms with Crippen molar-refractivity contribution >= 4 is 18.9 Å². The first-order chi connectivity index (χ1) is 10.2. The van der Waals surface area contributed by atoms with Gasteiger partial charge in [0, 0.05) is 18.9 Å². The molecule has 8 aliphatic carbocycles. The largest absolute Gasteiger partial charge is 0.368 e. The fourth-order valence-electron chi connectivity index (χ4n) is 8.77. The van der Waals surface area contributed by atoms with Gasteiger partial charge in [-0.15, -0.1) is 0 Å². The van der Waals surface area contributed by atoms with Crippen molar-refractivity contribution in [3.8, 4) is 0 Å². The van der Waals surface area contributed by atoms with Gasteiger partial charge < -0.3 is 4.74 Å². The summed E-state index contributed by atoms with van der Waals surface area (Å²) in [5, 5.41) is 0. The van der Waals surface area contributed by atoms with E-state index in [1.165, 1.54) is 38.5 Å². The molecule has 8 rings (SSSR count). The van der Waals surface area contributed by atoms with Crippen molar-refractivity contribution in [2.45, 2.75) is 88.3 Å². The maximum atomic E-state index is 7.25. The van der Waals surface area contributed by atoms with E-state index in [1.807, 2.05) is 0 Å². The van der Waals surface area contributed by atoms with Crippen LogP contribution in [0.1, 0.15) is 77.0 Å². The molecule has 0 heterocycles.